The number of hydrogen-bond donors (Lipinski definition) is 1. The van der Waals surface area contributed by atoms with E-state index in [1.54, 1.807) is 13.0 Å². The number of carbonyl (C=O) groups is 1. The summed E-state index contributed by atoms with van der Waals surface area (Å²) in [5.41, 5.74) is 2.67. The molecule has 0 atom stereocenters. The maximum atomic E-state index is 12.4. The van der Waals surface area contributed by atoms with E-state index in [1.165, 1.54) is 0 Å². The van der Waals surface area contributed by atoms with E-state index >= 15 is 0 Å². The Labute approximate surface area is 136 Å². The molecule has 0 aromatic carbocycles. The average molecular weight is 325 g/mol. The number of aryl methyl sites for hydroxylation is 1. The van der Waals surface area contributed by atoms with Crippen LogP contribution in [0.3, 0.4) is 0 Å². The summed E-state index contributed by atoms with van der Waals surface area (Å²) >= 11 is 1.14. The standard InChI is InChI=1S/C17H15N3O2S/c1-3-10-5-6-13-12-7-11(8-18)16(19)23-15(12)14(20(13)9-10)17(21)22-4-2/h5-7,9,19H,3-4H2,1-2H3. The summed E-state index contributed by atoms with van der Waals surface area (Å²) in [4.78, 5) is 12.4. The molecule has 0 bridgehead atoms. The third-order valence-electron chi connectivity index (χ3n) is 3.72. The predicted octanol–water partition coefficient (Wildman–Crippen LogP) is 3.24. The van der Waals surface area contributed by atoms with Gasteiger partial charge < -0.3 is 9.14 Å². The van der Waals surface area contributed by atoms with Gasteiger partial charge in [0, 0.05) is 11.6 Å². The topological polar surface area (TPSA) is 78.3 Å². The van der Waals surface area contributed by atoms with E-state index in [0.29, 0.717) is 16.0 Å². The number of nitrogens with zero attached hydrogens (tertiary/aromatic N) is 2. The van der Waals surface area contributed by atoms with Crippen LogP contribution in [-0.2, 0) is 11.2 Å². The lowest BCUT2D eigenvalue weighted by molar-refractivity contribution is 0.0521. The molecule has 0 aliphatic heterocycles. The molecule has 0 saturated heterocycles. The van der Waals surface area contributed by atoms with E-state index in [-0.39, 0.29) is 11.3 Å². The highest BCUT2D eigenvalue weighted by molar-refractivity contribution is 7.16. The van der Waals surface area contributed by atoms with E-state index in [0.717, 1.165) is 34.2 Å². The Kier molecular flexibility index (Phi) is 3.89. The molecule has 3 rings (SSSR count). The molecule has 3 heterocycles. The third kappa shape index (κ3) is 2.39. The Hall–Kier alpha value is -2.65. The summed E-state index contributed by atoms with van der Waals surface area (Å²) < 4.78 is 7.84. The van der Waals surface area contributed by atoms with Crippen molar-refractivity contribution >= 4 is 32.9 Å². The predicted molar refractivity (Wildman–Crippen MR) is 88.7 cm³/mol. The Morgan fingerprint density at radius 2 is 2.22 bits per heavy atom. The number of fused-ring (bicyclic) bond motifs is 3. The molecular weight excluding hydrogens is 310 g/mol. The van der Waals surface area contributed by atoms with E-state index in [9.17, 15) is 10.1 Å². The molecule has 23 heavy (non-hydrogen) atoms. The van der Waals surface area contributed by atoms with Crippen molar-refractivity contribution in [2.75, 3.05) is 6.61 Å². The van der Waals surface area contributed by atoms with Crippen molar-refractivity contribution < 1.29 is 9.53 Å². The van der Waals surface area contributed by atoms with Gasteiger partial charge in [0.15, 0.2) is 0 Å². The molecule has 3 aromatic rings. The summed E-state index contributed by atoms with van der Waals surface area (Å²) in [6, 6.07) is 7.67. The number of hydrogen-bond acceptors (Lipinski definition) is 5. The van der Waals surface area contributed by atoms with Gasteiger partial charge in [0.05, 0.1) is 22.4 Å². The Balaban J connectivity index is 2.48. The quantitative estimate of drug-likeness (QED) is 0.751. The van der Waals surface area contributed by atoms with Crippen LogP contribution in [0.1, 0.15) is 35.5 Å². The fourth-order valence-corrected chi connectivity index (χ4v) is 3.57. The molecule has 5 nitrogen and oxygen atoms in total. The largest absolute Gasteiger partial charge is 0.461 e. The number of nitriles is 1. The van der Waals surface area contributed by atoms with Crippen LogP contribution in [-0.4, -0.2) is 17.0 Å². The van der Waals surface area contributed by atoms with Crippen molar-refractivity contribution in [3.8, 4) is 6.07 Å². The summed E-state index contributed by atoms with van der Waals surface area (Å²) in [5.74, 6) is -0.411. The van der Waals surface area contributed by atoms with Crippen LogP contribution in [0.4, 0.5) is 0 Å². The highest BCUT2D eigenvalue weighted by Gasteiger charge is 2.21. The van der Waals surface area contributed by atoms with Crippen LogP contribution in [0, 0.1) is 16.7 Å². The zero-order valence-corrected chi connectivity index (χ0v) is 13.7. The number of ether oxygens (including phenoxy) is 1. The molecule has 1 N–H and O–H groups in total. The van der Waals surface area contributed by atoms with Crippen LogP contribution >= 0.6 is 11.3 Å². The van der Waals surface area contributed by atoms with E-state index in [4.69, 9.17) is 10.1 Å². The van der Waals surface area contributed by atoms with Crippen LogP contribution in [0.15, 0.2) is 24.4 Å². The number of carbonyl (C=O) groups excluding carboxylic acids is 1. The van der Waals surface area contributed by atoms with Crippen LogP contribution in [0.25, 0.3) is 15.6 Å². The third-order valence-corrected chi connectivity index (χ3v) is 4.76. The van der Waals surface area contributed by atoms with Gasteiger partial charge in [0.1, 0.15) is 16.4 Å². The van der Waals surface area contributed by atoms with Crippen molar-refractivity contribution in [2.45, 2.75) is 20.3 Å². The highest BCUT2D eigenvalue weighted by atomic mass is 32.1. The summed E-state index contributed by atoms with van der Waals surface area (Å²) in [6.07, 6.45) is 2.77. The number of pyridine rings is 1. The normalized spacial score (nSPS) is 10.8. The molecular formula is C17H15N3O2S. The zero-order valence-electron chi connectivity index (χ0n) is 12.8. The first-order valence-corrected chi connectivity index (χ1v) is 8.15. The molecule has 0 aliphatic carbocycles. The smallest absolute Gasteiger partial charge is 0.356 e. The highest BCUT2D eigenvalue weighted by Crippen LogP contribution is 2.30. The van der Waals surface area contributed by atoms with Gasteiger partial charge >= 0.3 is 5.97 Å². The van der Waals surface area contributed by atoms with Gasteiger partial charge in [0.2, 0.25) is 0 Å². The van der Waals surface area contributed by atoms with Crippen molar-refractivity contribution in [3.05, 3.63) is 45.9 Å². The van der Waals surface area contributed by atoms with Gasteiger partial charge in [-0.25, -0.2) is 4.79 Å². The number of nitrogens with one attached hydrogen (secondary N) is 1. The Morgan fingerprint density at radius 1 is 1.43 bits per heavy atom. The van der Waals surface area contributed by atoms with Crippen LogP contribution < -0.4 is 4.67 Å². The molecule has 116 valence electrons. The zero-order chi connectivity index (χ0) is 16.6. The fraction of sp³-hybridized carbons (Fsp3) is 0.235. The summed E-state index contributed by atoms with van der Waals surface area (Å²) in [5, 5.41) is 17.9. The molecule has 6 heteroatoms. The molecule has 0 aliphatic rings. The lowest BCUT2D eigenvalue weighted by Gasteiger charge is -2.04. The van der Waals surface area contributed by atoms with Gasteiger partial charge in [-0.1, -0.05) is 13.0 Å². The molecule has 0 spiro atoms. The first kappa shape index (κ1) is 15.3. The number of esters is 1. The minimum Gasteiger partial charge on any atom is -0.461 e. The second kappa shape index (κ2) is 5.86. The monoisotopic (exact) mass is 325 g/mol. The molecule has 0 fully saturated rings. The molecule has 0 saturated carbocycles. The minimum absolute atomic E-state index is 0.150. The van der Waals surface area contributed by atoms with E-state index in [2.05, 4.69) is 0 Å². The van der Waals surface area contributed by atoms with Crippen molar-refractivity contribution in [2.24, 2.45) is 0 Å². The number of rotatable bonds is 3. The van der Waals surface area contributed by atoms with Crippen molar-refractivity contribution in [3.63, 3.8) is 0 Å². The molecule has 0 amide bonds. The first-order valence-electron chi connectivity index (χ1n) is 7.33. The van der Waals surface area contributed by atoms with Gasteiger partial charge in [-0.3, -0.25) is 5.41 Å². The lowest BCUT2D eigenvalue weighted by atomic mass is 10.2. The lowest BCUT2D eigenvalue weighted by Crippen LogP contribution is -2.09. The molecule has 0 unspecified atom stereocenters. The SMILES string of the molecule is CCOC(=O)c1c2sc(=N)c(C#N)cc2c2ccc(CC)cn12. The molecule has 0 radical (unpaired) electrons. The van der Waals surface area contributed by atoms with Crippen LogP contribution in [0.5, 0.6) is 0 Å². The second-order valence-corrected chi connectivity index (χ2v) is 6.08. The van der Waals surface area contributed by atoms with E-state index < -0.39 is 5.97 Å². The van der Waals surface area contributed by atoms with Crippen molar-refractivity contribution in [1.29, 1.82) is 10.7 Å². The fourth-order valence-electron chi connectivity index (χ4n) is 2.59. The average Bonchev–Trinajstić information content (AvgIpc) is 2.86. The summed E-state index contributed by atoms with van der Waals surface area (Å²) in [7, 11) is 0. The molecule has 3 aromatic heterocycles. The first-order chi connectivity index (χ1) is 11.1. The van der Waals surface area contributed by atoms with Gasteiger partial charge in [-0.05, 0) is 31.0 Å². The summed E-state index contributed by atoms with van der Waals surface area (Å²) in [6.45, 7) is 4.10. The Bertz CT molecular complexity index is 1020. The van der Waals surface area contributed by atoms with Gasteiger partial charge in [0.25, 0.3) is 0 Å². The minimum atomic E-state index is -0.411. The van der Waals surface area contributed by atoms with E-state index in [1.807, 2.05) is 35.7 Å². The second-order valence-electron chi connectivity index (χ2n) is 5.06. The van der Waals surface area contributed by atoms with Crippen LogP contribution in [0.2, 0.25) is 0 Å². The maximum Gasteiger partial charge on any atom is 0.356 e. The van der Waals surface area contributed by atoms with Gasteiger partial charge in [-0.2, -0.15) is 5.26 Å². The van der Waals surface area contributed by atoms with Gasteiger partial charge in [-0.15, -0.1) is 11.3 Å². The maximum absolute atomic E-state index is 12.4. The number of aromatic nitrogens is 1. The Morgan fingerprint density at radius 3 is 2.87 bits per heavy atom. The van der Waals surface area contributed by atoms with Crippen molar-refractivity contribution in [1.82, 2.24) is 4.40 Å².